The quantitative estimate of drug-likeness (QED) is 0.848. The molecular weight excluding hydrogens is 321 g/mol. The van der Waals surface area contributed by atoms with Crippen molar-refractivity contribution < 1.29 is 9.18 Å². The third-order valence-electron chi connectivity index (χ3n) is 5.77. The SMILES string of the molecule is O=C(NCC1(c2cccs2)CCCC1)C1(c2ccc(F)cc2)CC1. The lowest BCUT2D eigenvalue weighted by atomic mass is 9.84. The molecule has 0 atom stereocenters. The molecule has 2 aliphatic rings. The number of rotatable bonds is 5. The van der Waals surface area contributed by atoms with E-state index in [4.69, 9.17) is 0 Å². The van der Waals surface area contributed by atoms with Gasteiger partial charge in [-0.1, -0.05) is 31.0 Å². The molecule has 0 aliphatic heterocycles. The number of carbonyl (C=O) groups excluding carboxylic acids is 1. The van der Waals surface area contributed by atoms with E-state index in [1.807, 2.05) is 0 Å². The van der Waals surface area contributed by atoms with Crippen molar-refractivity contribution in [1.82, 2.24) is 5.32 Å². The number of nitrogens with one attached hydrogen (secondary N) is 1. The molecule has 2 nitrogen and oxygen atoms in total. The van der Waals surface area contributed by atoms with Gasteiger partial charge in [0.05, 0.1) is 5.41 Å². The van der Waals surface area contributed by atoms with E-state index in [0.717, 1.165) is 37.8 Å². The molecule has 0 unspecified atom stereocenters. The third kappa shape index (κ3) is 2.67. The van der Waals surface area contributed by atoms with Crippen LogP contribution in [0.5, 0.6) is 0 Å². The highest BCUT2D eigenvalue weighted by molar-refractivity contribution is 7.10. The summed E-state index contributed by atoms with van der Waals surface area (Å²) in [4.78, 5) is 14.3. The summed E-state index contributed by atoms with van der Waals surface area (Å²) in [5.41, 5.74) is 0.629. The summed E-state index contributed by atoms with van der Waals surface area (Å²) < 4.78 is 13.2. The van der Waals surface area contributed by atoms with Gasteiger partial charge in [0.15, 0.2) is 0 Å². The van der Waals surface area contributed by atoms with Crippen molar-refractivity contribution in [2.24, 2.45) is 0 Å². The summed E-state index contributed by atoms with van der Waals surface area (Å²) in [6, 6.07) is 10.7. The predicted octanol–water partition coefficient (Wildman–Crippen LogP) is 4.55. The van der Waals surface area contributed by atoms with Crippen LogP contribution in [0.15, 0.2) is 41.8 Å². The minimum atomic E-state index is -0.428. The van der Waals surface area contributed by atoms with Crippen LogP contribution in [0, 0.1) is 5.82 Å². The van der Waals surface area contributed by atoms with Crippen LogP contribution < -0.4 is 5.32 Å². The number of thiophene rings is 1. The summed E-state index contributed by atoms with van der Waals surface area (Å²) >= 11 is 1.80. The van der Waals surface area contributed by atoms with Gasteiger partial charge in [-0.05, 0) is 54.8 Å². The molecule has 2 aliphatic carbocycles. The van der Waals surface area contributed by atoms with Crippen LogP contribution in [0.3, 0.4) is 0 Å². The highest BCUT2D eigenvalue weighted by Crippen LogP contribution is 2.49. The molecule has 1 N–H and O–H groups in total. The van der Waals surface area contributed by atoms with Gasteiger partial charge in [-0.2, -0.15) is 0 Å². The average molecular weight is 343 g/mol. The Morgan fingerprint density at radius 1 is 1.08 bits per heavy atom. The summed E-state index contributed by atoms with van der Waals surface area (Å²) in [6.45, 7) is 0.718. The van der Waals surface area contributed by atoms with Crippen molar-refractivity contribution in [3.8, 4) is 0 Å². The number of hydrogen-bond acceptors (Lipinski definition) is 2. The lowest BCUT2D eigenvalue weighted by Gasteiger charge is -2.29. The Hall–Kier alpha value is -1.68. The molecule has 1 heterocycles. The van der Waals surface area contributed by atoms with E-state index in [1.54, 1.807) is 23.5 Å². The number of amides is 1. The van der Waals surface area contributed by atoms with Crippen LogP contribution in [0.2, 0.25) is 0 Å². The Balaban J connectivity index is 1.49. The zero-order valence-electron chi connectivity index (χ0n) is 13.7. The second-order valence-electron chi connectivity index (χ2n) is 7.24. The van der Waals surface area contributed by atoms with Crippen molar-refractivity contribution in [1.29, 1.82) is 0 Å². The van der Waals surface area contributed by atoms with Crippen molar-refractivity contribution in [2.45, 2.75) is 49.4 Å². The molecule has 1 amide bonds. The molecule has 2 saturated carbocycles. The Labute approximate surface area is 146 Å². The molecule has 2 aromatic rings. The highest BCUT2D eigenvalue weighted by Gasteiger charge is 2.51. The van der Waals surface area contributed by atoms with Gasteiger partial charge in [0, 0.05) is 16.8 Å². The first-order chi connectivity index (χ1) is 11.6. The first-order valence-corrected chi connectivity index (χ1v) is 9.61. The molecule has 0 saturated heterocycles. The smallest absolute Gasteiger partial charge is 0.230 e. The van der Waals surface area contributed by atoms with Crippen LogP contribution in [0.25, 0.3) is 0 Å². The first kappa shape index (κ1) is 15.8. The Morgan fingerprint density at radius 3 is 2.38 bits per heavy atom. The first-order valence-electron chi connectivity index (χ1n) is 8.73. The summed E-state index contributed by atoms with van der Waals surface area (Å²) in [5.74, 6) is -0.144. The van der Waals surface area contributed by atoms with Gasteiger partial charge >= 0.3 is 0 Å². The molecular formula is C20H22FNOS. The van der Waals surface area contributed by atoms with Crippen molar-refractivity contribution in [2.75, 3.05) is 6.54 Å². The second-order valence-corrected chi connectivity index (χ2v) is 8.18. The van der Waals surface area contributed by atoms with E-state index >= 15 is 0 Å². The fourth-order valence-electron chi connectivity index (χ4n) is 4.10. The van der Waals surface area contributed by atoms with Crippen molar-refractivity contribution in [3.05, 3.63) is 58.0 Å². The molecule has 0 bridgehead atoms. The largest absolute Gasteiger partial charge is 0.354 e. The zero-order valence-corrected chi connectivity index (χ0v) is 14.5. The van der Waals surface area contributed by atoms with Gasteiger partial charge in [0.25, 0.3) is 0 Å². The van der Waals surface area contributed by atoms with Crippen LogP contribution in [0.1, 0.15) is 49.0 Å². The average Bonchev–Trinajstić information content (AvgIpc) is 3.02. The highest BCUT2D eigenvalue weighted by atomic mass is 32.1. The fourth-order valence-corrected chi connectivity index (χ4v) is 5.09. The Bertz CT molecular complexity index is 713. The lowest BCUT2D eigenvalue weighted by molar-refractivity contribution is -0.123. The van der Waals surface area contributed by atoms with Crippen LogP contribution in [-0.4, -0.2) is 12.5 Å². The van der Waals surface area contributed by atoms with E-state index in [1.165, 1.54) is 29.9 Å². The van der Waals surface area contributed by atoms with Crippen molar-refractivity contribution >= 4 is 17.2 Å². The maximum atomic E-state index is 13.2. The van der Waals surface area contributed by atoms with Gasteiger partial charge in [-0.25, -0.2) is 4.39 Å². The Kier molecular flexibility index (Phi) is 3.95. The third-order valence-corrected chi connectivity index (χ3v) is 6.89. The normalized spacial score (nSPS) is 20.7. The zero-order chi connectivity index (χ0) is 16.6. The van der Waals surface area contributed by atoms with Gasteiger partial charge in [-0.15, -0.1) is 11.3 Å². The second kappa shape index (κ2) is 5.99. The standard InChI is InChI=1S/C20H22FNOS/c21-16-7-5-15(6-8-16)20(11-12-20)18(23)22-14-19(9-1-2-10-19)17-4-3-13-24-17/h3-8,13H,1-2,9-12,14H2,(H,22,23). The topological polar surface area (TPSA) is 29.1 Å². The molecule has 0 spiro atoms. The fraction of sp³-hybridized carbons (Fsp3) is 0.450. The lowest BCUT2D eigenvalue weighted by Crippen LogP contribution is -2.43. The van der Waals surface area contributed by atoms with E-state index < -0.39 is 5.41 Å². The Morgan fingerprint density at radius 2 is 1.79 bits per heavy atom. The maximum Gasteiger partial charge on any atom is 0.230 e. The molecule has 126 valence electrons. The molecule has 4 rings (SSSR count). The number of carbonyl (C=O) groups is 1. The van der Waals surface area contributed by atoms with E-state index in [2.05, 4.69) is 22.8 Å². The number of halogens is 1. The van der Waals surface area contributed by atoms with Gasteiger partial charge in [-0.3, -0.25) is 4.79 Å². The molecule has 4 heteroatoms. The minimum absolute atomic E-state index is 0.108. The summed E-state index contributed by atoms with van der Waals surface area (Å²) in [6.07, 6.45) is 6.48. The van der Waals surface area contributed by atoms with Gasteiger partial charge < -0.3 is 5.32 Å². The van der Waals surface area contributed by atoms with E-state index in [9.17, 15) is 9.18 Å². The number of benzene rings is 1. The van der Waals surface area contributed by atoms with Gasteiger partial charge in [0.2, 0.25) is 5.91 Å². The molecule has 2 fully saturated rings. The maximum absolute atomic E-state index is 13.2. The van der Waals surface area contributed by atoms with E-state index in [0.29, 0.717) is 0 Å². The predicted molar refractivity (Wildman–Crippen MR) is 94.8 cm³/mol. The van der Waals surface area contributed by atoms with E-state index in [-0.39, 0.29) is 17.1 Å². The number of hydrogen-bond donors (Lipinski definition) is 1. The van der Waals surface area contributed by atoms with Crippen LogP contribution in [0.4, 0.5) is 4.39 Å². The molecule has 24 heavy (non-hydrogen) atoms. The monoisotopic (exact) mass is 343 g/mol. The van der Waals surface area contributed by atoms with Gasteiger partial charge in [0.1, 0.15) is 5.82 Å². The van der Waals surface area contributed by atoms with Crippen LogP contribution in [-0.2, 0) is 15.6 Å². The summed E-state index contributed by atoms with van der Waals surface area (Å²) in [7, 11) is 0. The molecule has 1 aromatic carbocycles. The summed E-state index contributed by atoms with van der Waals surface area (Å²) in [5, 5.41) is 5.37. The molecule has 1 aromatic heterocycles. The molecule has 0 radical (unpaired) electrons. The van der Waals surface area contributed by atoms with Crippen molar-refractivity contribution in [3.63, 3.8) is 0 Å². The minimum Gasteiger partial charge on any atom is -0.354 e. The van der Waals surface area contributed by atoms with Crippen LogP contribution >= 0.6 is 11.3 Å².